The Balaban J connectivity index is 1.38. The number of benzene rings is 1. The summed E-state index contributed by atoms with van der Waals surface area (Å²) in [6, 6.07) is 8.30. The van der Waals surface area contributed by atoms with Gasteiger partial charge in [-0.1, -0.05) is 0 Å². The predicted molar refractivity (Wildman–Crippen MR) is 93.7 cm³/mol. The van der Waals surface area contributed by atoms with Crippen molar-refractivity contribution in [1.29, 1.82) is 0 Å². The lowest BCUT2D eigenvalue weighted by molar-refractivity contribution is 0.111. The number of urea groups is 1. The van der Waals surface area contributed by atoms with Crippen molar-refractivity contribution in [2.75, 3.05) is 38.3 Å². The Morgan fingerprint density at radius 1 is 1.25 bits per heavy atom. The van der Waals surface area contributed by atoms with Crippen LogP contribution in [0.25, 0.3) is 0 Å². The summed E-state index contributed by atoms with van der Waals surface area (Å²) in [4.78, 5) is 14.3. The molecule has 1 aromatic carbocycles. The monoisotopic (exact) mass is 333 g/mol. The zero-order chi connectivity index (χ0) is 16.8. The number of hydrogen-bond acceptors (Lipinski definition) is 4. The lowest BCUT2D eigenvalue weighted by atomic mass is 10.0. The van der Waals surface area contributed by atoms with E-state index in [4.69, 9.17) is 9.47 Å². The summed E-state index contributed by atoms with van der Waals surface area (Å²) < 4.78 is 10.7. The number of hydrogen-bond donors (Lipinski definition) is 2. The first-order valence-corrected chi connectivity index (χ1v) is 8.79. The first kappa shape index (κ1) is 16.9. The molecular weight excluding hydrogens is 306 g/mol. The maximum atomic E-state index is 12.0. The van der Waals surface area contributed by atoms with Crippen LogP contribution in [0.4, 0.5) is 10.5 Å². The van der Waals surface area contributed by atoms with E-state index in [1.165, 1.54) is 5.69 Å². The van der Waals surface area contributed by atoms with Crippen molar-refractivity contribution in [3.63, 3.8) is 0 Å². The zero-order valence-electron chi connectivity index (χ0n) is 14.3. The molecule has 2 aliphatic rings. The van der Waals surface area contributed by atoms with Crippen molar-refractivity contribution in [2.45, 2.75) is 37.8 Å². The Morgan fingerprint density at radius 3 is 2.62 bits per heavy atom. The van der Waals surface area contributed by atoms with Gasteiger partial charge in [0.15, 0.2) is 0 Å². The molecule has 1 unspecified atom stereocenters. The molecular formula is C18H27N3O3. The Hall–Kier alpha value is -1.95. The van der Waals surface area contributed by atoms with Gasteiger partial charge in [0, 0.05) is 38.0 Å². The highest BCUT2D eigenvalue weighted by Gasteiger charge is 2.22. The summed E-state index contributed by atoms with van der Waals surface area (Å²) in [5.74, 6) is 0.873. The second-order valence-electron chi connectivity index (χ2n) is 6.45. The summed E-state index contributed by atoms with van der Waals surface area (Å²) >= 11 is 0. The van der Waals surface area contributed by atoms with E-state index in [0.717, 1.165) is 51.1 Å². The van der Waals surface area contributed by atoms with Gasteiger partial charge in [-0.25, -0.2) is 4.79 Å². The van der Waals surface area contributed by atoms with Gasteiger partial charge in [0.2, 0.25) is 0 Å². The molecule has 1 atom stereocenters. The molecule has 2 fully saturated rings. The van der Waals surface area contributed by atoms with Gasteiger partial charge in [-0.2, -0.15) is 0 Å². The molecule has 6 heteroatoms. The summed E-state index contributed by atoms with van der Waals surface area (Å²) in [7, 11) is 1.68. The van der Waals surface area contributed by atoms with Crippen molar-refractivity contribution in [3.8, 4) is 5.75 Å². The van der Waals surface area contributed by atoms with E-state index in [1.807, 2.05) is 12.1 Å². The minimum Gasteiger partial charge on any atom is -0.497 e. The predicted octanol–water partition coefficient (Wildman–Crippen LogP) is 2.14. The number of anilines is 1. The Kier molecular flexibility index (Phi) is 5.80. The quantitative estimate of drug-likeness (QED) is 0.867. The number of carbonyl (C=O) groups excluding carboxylic acids is 1. The van der Waals surface area contributed by atoms with E-state index >= 15 is 0 Å². The maximum absolute atomic E-state index is 12.0. The third-order valence-electron chi connectivity index (χ3n) is 4.78. The standard InChI is InChI=1S/C18H27N3O3/c1-23-16-6-4-15(5-7-16)21-10-8-14(9-11-21)20-18(22)19-13-17-3-2-12-24-17/h4-7,14,17H,2-3,8-13H2,1H3,(H2,19,20,22). The lowest BCUT2D eigenvalue weighted by Crippen LogP contribution is -2.49. The fourth-order valence-electron chi connectivity index (χ4n) is 3.32. The second kappa shape index (κ2) is 8.24. The highest BCUT2D eigenvalue weighted by atomic mass is 16.5. The summed E-state index contributed by atoms with van der Waals surface area (Å²) in [6.07, 6.45) is 4.24. The van der Waals surface area contributed by atoms with Crippen molar-refractivity contribution < 1.29 is 14.3 Å². The number of methoxy groups -OCH3 is 1. The molecule has 6 nitrogen and oxygen atoms in total. The van der Waals surface area contributed by atoms with Crippen molar-refractivity contribution in [3.05, 3.63) is 24.3 Å². The molecule has 2 saturated heterocycles. The molecule has 2 aliphatic heterocycles. The van der Waals surface area contributed by atoms with Crippen molar-refractivity contribution >= 4 is 11.7 Å². The number of amides is 2. The van der Waals surface area contributed by atoms with Gasteiger partial charge in [0.25, 0.3) is 0 Å². The molecule has 24 heavy (non-hydrogen) atoms. The Morgan fingerprint density at radius 2 is 2.00 bits per heavy atom. The van der Waals surface area contributed by atoms with E-state index in [1.54, 1.807) is 7.11 Å². The number of nitrogens with zero attached hydrogens (tertiary/aromatic N) is 1. The van der Waals surface area contributed by atoms with Crippen LogP contribution in [0, 0.1) is 0 Å². The Labute approximate surface area is 143 Å². The molecule has 2 heterocycles. The fourth-order valence-corrected chi connectivity index (χ4v) is 3.32. The number of carbonyl (C=O) groups is 1. The lowest BCUT2D eigenvalue weighted by Gasteiger charge is -2.34. The molecule has 0 radical (unpaired) electrons. The molecule has 0 aliphatic carbocycles. The van der Waals surface area contributed by atoms with E-state index < -0.39 is 0 Å². The topological polar surface area (TPSA) is 62.8 Å². The molecule has 2 amide bonds. The molecule has 0 aromatic heterocycles. The number of nitrogens with one attached hydrogen (secondary N) is 2. The van der Waals surface area contributed by atoms with Crippen LogP contribution >= 0.6 is 0 Å². The van der Waals surface area contributed by atoms with Crippen LogP contribution in [0.5, 0.6) is 5.75 Å². The van der Waals surface area contributed by atoms with Crippen LogP contribution in [0.2, 0.25) is 0 Å². The molecule has 3 rings (SSSR count). The van der Waals surface area contributed by atoms with E-state index in [9.17, 15) is 4.79 Å². The fraction of sp³-hybridized carbons (Fsp3) is 0.611. The highest BCUT2D eigenvalue weighted by Crippen LogP contribution is 2.22. The van der Waals surface area contributed by atoms with Crippen molar-refractivity contribution in [2.24, 2.45) is 0 Å². The second-order valence-corrected chi connectivity index (χ2v) is 6.45. The van der Waals surface area contributed by atoms with Gasteiger partial charge in [0.1, 0.15) is 5.75 Å². The van der Waals surface area contributed by atoms with Crippen LogP contribution in [0.1, 0.15) is 25.7 Å². The van der Waals surface area contributed by atoms with Crippen LogP contribution < -0.4 is 20.3 Å². The number of piperidine rings is 1. The first-order chi connectivity index (χ1) is 11.7. The highest BCUT2D eigenvalue weighted by molar-refractivity contribution is 5.74. The van der Waals surface area contributed by atoms with Crippen molar-refractivity contribution in [1.82, 2.24) is 10.6 Å². The number of rotatable bonds is 5. The minimum atomic E-state index is -0.0756. The third kappa shape index (κ3) is 4.54. The minimum absolute atomic E-state index is 0.0756. The van der Waals surface area contributed by atoms with Gasteiger partial charge in [0.05, 0.1) is 13.2 Å². The van der Waals surface area contributed by atoms with E-state index in [2.05, 4.69) is 27.7 Å². The molecule has 0 spiro atoms. The van der Waals surface area contributed by atoms with Gasteiger partial charge >= 0.3 is 6.03 Å². The third-order valence-corrected chi connectivity index (χ3v) is 4.78. The Bertz CT molecular complexity index is 521. The normalized spacial score (nSPS) is 21.5. The van der Waals surface area contributed by atoms with Crippen LogP contribution in [0.15, 0.2) is 24.3 Å². The summed E-state index contributed by atoms with van der Waals surface area (Å²) in [5, 5.41) is 6.01. The largest absolute Gasteiger partial charge is 0.497 e. The number of ether oxygens (including phenoxy) is 2. The molecule has 0 bridgehead atoms. The maximum Gasteiger partial charge on any atom is 0.315 e. The van der Waals surface area contributed by atoms with Gasteiger partial charge < -0.3 is 25.0 Å². The van der Waals surface area contributed by atoms with Gasteiger partial charge in [-0.15, -0.1) is 0 Å². The zero-order valence-corrected chi connectivity index (χ0v) is 14.3. The van der Waals surface area contributed by atoms with Gasteiger partial charge in [-0.3, -0.25) is 0 Å². The molecule has 2 N–H and O–H groups in total. The van der Waals surface area contributed by atoms with E-state index in [-0.39, 0.29) is 18.2 Å². The molecule has 0 saturated carbocycles. The van der Waals surface area contributed by atoms with Crippen LogP contribution in [-0.4, -0.2) is 51.5 Å². The van der Waals surface area contributed by atoms with Crippen LogP contribution in [0.3, 0.4) is 0 Å². The average Bonchev–Trinajstić information content (AvgIpc) is 3.14. The smallest absolute Gasteiger partial charge is 0.315 e. The van der Waals surface area contributed by atoms with Crippen LogP contribution in [-0.2, 0) is 4.74 Å². The first-order valence-electron chi connectivity index (χ1n) is 8.79. The van der Waals surface area contributed by atoms with Gasteiger partial charge in [-0.05, 0) is 49.9 Å². The summed E-state index contributed by atoms with van der Waals surface area (Å²) in [6.45, 7) is 3.32. The molecule has 132 valence electrons. The van der Waals surface area contributed by atoms with E-state index in [0.29, 0.717) is 6.54 Å². The molecule has 1 aromatic rings. The average molecular weight is 333 g/mol. The summed E-state index contributed by atoms with van der Waals surface area (Å²) in [5.41, 5.74) is 1.21. The SMILES string of the molecule is COc1ccc(N2CCC(NC(=O)NCC3CCCO3)CC2)cc1.